The van der Waals surface area contributed by atoms with E-state index in [0.717, 1.165) is 34.6 Å². The Bertz CT molecular complexity index is 848. The Hall–Kier alpha value is -2.89. The molecular weight excluding hydrogens is 334 g/mol. The Labute approximate surface area is 152 Å². The van der Waals surface area contributed by atoms with E-state index in [1.54, 1.807) is 14.2 Å². The van der Waals surface area contributed by atoms with E-state index in [1.807, 2.05) is 35.2 Å². The lowest BCUT2D eigenvalue weighted by molar-refractivity contribution is -0.130. The van der Waals surface area contributed by atoms with Crippen LogP contribution in [-0.2, 0) is 24.2 Å². The molecule has 2 aliphatic heterocycles. The number of carbonyl (C=O) groups is 1. The Morgan fingerprint density at radius 1 is 1.08 bits per heavy atom. The van der Waals surface area contributed by atoms with Crippen LogP contribution in [0.15, 0.2) is 30.3 Å². The van der Waals surface area contributed by atoms with Crippen LogP contribution in [0.1, 0.15) is 16.7 Å². The van der Waals surface area contributed by atoms with Crippen LogP contribution in [-0.4, -0.2) is 38.4 Å². The summed E-state index contributed by atoms with van der Waals surface area (Å²) in [4.78, 5) is 14.7. The molecule has 2 aliphatic rings. The molecule has 0 N–H and O–H groups in total. The number of fused-ring (bicyclic) bond motifs is 2. The van der Waals surface area contributed by atoms with Crippen molar-refractivity contribution in [2.45, 2.75) is 19.4 Å². The monoisotopic (exact) mass is 355 g/mol. The van der Waals surface area contributed by atoms with Gasteiger partial charge in [-0.25, -0.2) is 0 Å². The summed E-state index contributed by atoms with van der Waals surface area (Å²) in [5.41, 5.74) is 3.09. The average Bonchev–Trinajstić information content (AvgIpc) is 3.05. The van der Waals surface area contributed by atoms with Crippen LogP contribution in [0, 0.1) is 0 Å². The number of para-hydroxylation sites is 1. The summed E-state index contributed by atoms with van der Waals surface area (Å²) >= 11 is 0. The SMILES string of the molecule is COc1cccc(CN2CCc3cc4c(cc3CC2=O)OCO4)c1OC. The second-order valence-electron chi connectivity index (χ2n) is 6.37. The van der Waals surface area contributed by atoms with Gasteiger partial charge in [-0.1, -0.05) is 12.1 Å². The number of nitrogens with zero attached hydrogens (tertiary/aromatic N) is 1. The molecule has 2 aromatic carbocycles. The van der Waals surface area contributed by atoms with Crippen molar-refractivity contribution >= 4 is 5.91 Å². The summed E-state index contributed by atoms with van der Waals surface area (Å²) in [5, 5.41) is 0. The van der Waals surface area contributed by atoms with Crippen molar-refractivity contribution < 1.29 is 23.7 Å². The summed E-state index contributed by atoms with van der Waals surface area (Å²) < 4.78 is 21.8. The molecule has 2 aromatic rings. The van der Waals surface area contributed by atoms with E-state index in [2.05, 4.69) is 0 Å². The van der Waals surface area contributed by atoms with Gasteiger partial charge in [0.1, 0.15) is 0 Å². The first kappa shape index (κ1) is 16.6. The van der Waals surface area contributed by atoms with Gasteiger partial charge < -0.3 is 23.8 Å². The van der Waals surface area contributed by atoms with Gasteiger partial charge in [-0.15, -0.1) is 0 Å². The normalized spacial score (nSPS) is 15.5. The second-order valence-corrected chi connectivity index (χ2v) is 6.37. The summed E-state index contributed by atoms with van der Waals surface area (Å²) in [5.74, 6) is 2.91. The highest BCUT2D eigenvalue weighted by atomic mass is 16.7. The Morgan fingerprint density at radius 3 is 2.58 bits per heavy atom. The molecule has 4 rings (SSSR count). The van der Waals surface area contributed by atoms with Crippen LogP contribution >= 0.6 is 0 Å². The zero-order valence-electron chi connectivity index (χ0n) is 14.9. The number of amides is 1. The number of methoxy groups -OCH3 is 2. The standard InChI is InChI=1S/C20H21NO5/c1-23-16-5-3-4-14(20(16)24-2)11-21-7-6-13-8-17-18(26-12-25-17)9-15(13)10-19(21)22/h3-5,8-9H,6-7,10-12H2,1-2H3. The van der Waals surface area contributed by atoms with Crippen LogP contribution in [0.3, 0.4) is 0 Å². The van der Waals surface area contributed by atoms with Crippen molar-refractivity contribution in [1.29, 1.82) is 0 Å². The number of benzene rings is 2. The predicted molar refractivity (Wildman–Crippen MR) is 94.9 cm³/mol. The van der Waals surface area contributed by atoms with Gasteiger partial charge in [0.2, 0.25) is 12.7 Å². The van der Waals surface area contributed by atoms with Crippen LogP contribution < -0.4 is 18.9 Å². The fourth-order valence-electron chi connectivity index (χ4n) is 3.53. The number of hydrogen-bond donors (Lipinski definition) is 0. The van der Waals surface area contributed by atoms with Gasteiger partial charge in [-0.05, 0) is 35.7 Å². The van der Waals surface area contributed by atoms with Crippen LogP contribution in [0.25, 0.3) is 0 Å². The lowest BCUT2D eigenvalue weighted by atomic mass is 10.0. The molecule has 6 heteroatoms. The van der Waals surface area contributed by atoms with Gasteiger partial charge in [-0.2, -0.15) is 0 Å². The molecule has 0 unspecified atom stereocenters. The molecule has 1 amide bonds. The smallest absolute Gasteiger partial charge is 0.231 e. The number of ether oxygens (including phenoxy) is 4. The lowest BCUT2D eigenvalue weighted by Crippen LogP contribution is -2.31. The topological polar surface area (TPSA) is 57.2 Å². The molecule has 0 spiro atoms. The third kappa shape index (κ3) is 2.92. The summed E-state index contributed by atoms with van der Waals surface area (Å²) in [6, 6.07) is 9.66. The van der Waals surface area contributed by atoms with Crippen molar-refractivity contribution in [1.82, 2.24) is 4.90 Å². The molecule has 6 nitrogen and oxygen atoms in total. The number of rotatable bonds is 4. The molecule has 136 valence electrons. The van der Waals surface area contributed by atoms with E-state index >= 15 is 0 Å². The largest absolute Gasteiger partial charge is 0.493 e. The minimum Gasteiger partial charge on any atom is -0.493 e. The first-order valence-electron chi connectivity index (χ1n) is 8.58. The number of carbonyl (C=O) groups excluding carboxylic acids is 1. The molecule has 26 heavy (non-hydrogen) atoms. The first-order chi connectivity index (χ1) is 12.7. The molecule has 0 saturated carbocycles. The Balaban J connectivity index is 1.58. The highest BCUT2D eigenvalue weighted by Crippen LogP contribution is 2.37. The quantitative estimate of drug-likeness (QED) is 0.844. The fourth-order valence-corrected chi connectivity index (χ4v) is 3.53. The minimum absolute atomic E-state index is 0.0903. The van der Waals surface area contributed by atoms with Gasteiger partial charge in [0.05, 0.1) is 20.6 Å². The van der Waals surface area contributed by atoms with Gasteiger partial charge >= 0.3 is 0 Å². The van der Waals surface area contributed by atoms with E-state index < -0.39 is 0 Å². The maximum absolute atomic E-state index is 12.8. The molecule has 0 radical (unpaired) electrons. The average molecular weight is 355 g/mol. The van der Waals surface area contributed by atoms with Gasteiger partial charge in [-0.3, -0.25) is 4.79 Å². The van der Waals surface area contributed by atoms with Gasteiger partial charge in [0, 0.05) is 18.7 Å². The number of hydrogen-bond acceptors (Lipinski definition) is 5. The Kier molecular flexibility index (Phi) is 4.32. The van der Waals surface area contributed by atoms with E-state index in [-0.39, 0.29) is 12.7 Å². The molecule has 2 heterocycles. The molecule has 0 aromatic heterocycles. The summed E-state index contributed by atoms with van der Waals surface area (Å²) in [7, 11) is 3.22. The molecule has 0 fully saturated rings. The zero-order valence-corrected chi connectivity index (χ0v) is 14.9. The maximum Gasteiger partial charge on any atom is 0.231 e. The van der Waals surface area contributed by atoms with Crippen LogP contribution in [0.4, 0.5) is 0 Å². The first-order valence-corrected chi connectivity index (χ1v) is 8.58. The predicted octanol–water partition coefficient (Wildman–Crippen LogP) is 2.56. The summed E-state index contributed by atoms with van der Waals surface area (Å²) in [6.45, 7) is 1.37. The second kappa shape index (κ2) is 6.78. The van der Waals surface area contributed by atoms with E-state index in [4.69, 9.17) is 18.9 Å². The highest BCUT2D eigenvalue weighted by molar-refractivity contribution is 5.80. The highest BCUT2D eigenvalue weighted by Gasteiger charge is 2.25. The lowest BCUT2D eigenvalue weighted by Gasteiger charge is -2.22. The van der Waals surface area contributed by atoms with Crippen molar-refractivity contribution in [3.63, 3.8) is 0 Å². The van der Waals surface area contributed by atoms with Gasteiger partial charge in [0.15, 0.2) is 23.0 Å². The van der Waals surface area contributed by atoms with Crippen molar-refractivity contribution in [3.8, 4) is 23.0 Å². The Morgan fingerprint density at radius 2 is 1.85 bits per heavy atom. The van der Waals surface area contributed by atoms with E-state index in [9.17, 15) is 4.79 Å². The molecule has 0 aliphatic carbocycles. The zero-order chi connectivity index (χ0) is 18.1. The van der Waals surface area contributed by atoms with E-state index in [1.165, 1.54) is 0 Å². The third-order valence-electron chi connectivity index (χ3n) is 4.89. The fraction of sp³-hybridized carbons (Fsp3) is 0.350. The van der Waals surface area contributed by atoms with Crippen molar-refractivity contribution in [3.05, 3.63) is 47.0 Å². The molecule has 0 bridgehead atoms. The van der Waals surface area contributed by atoms with Gasteiger partial charge in [0.25, 0.3) is 0 Å². The van der Waals surface area contributed by atoms with Crippen molar-refractivity contribution in [2.75, 3.05) is 27.6 Å². The summed E-state index contributed by atoms with van der Waals surface area (Å²) in [6.07, 6.45) is 1.14. The molecular formula is C20H21NO5. The van der Waals surface area contributed by atoms with Crippen LogP contribution in [0.5, 0.6) is 23.0 Å². The van der Waals surface area contributed by atoms with Crippen molar-refractivity contribution in [2.24, 2.45) is 0 Å². The minimum atomic E-state index is 0.0903. The maximum atomic E-state index is 12.8. The van der Waals surface area contributed by atoms with Crippen LogP contribution in [0.2, 0.25) is 0 Å². The molecule has 0 atom stereocenters. The molecule has 0 saturated heterocycles. The van der Waals surface area contributed by atoms with E-state index in [0.29, 0.717) is 31.0 Å². The third-order valence-corrected chi connectivity index (χ3v) is 4.89.